The van der Waals surface area contributed by atoms with Crippen LogP contribution in [0, 0.1) is 35.5 Å². The average molecular weight is 2130 g/mol. The molecule has 17 N–H and O–H groups in total. The number of aliphatic hydroxyl groups is 1. The molecule has 42 heteroatoms. The number of carbonyl (C=O) groups is 14. The lowest BCUT2D eigenvalue weighted by Crippen LogP contribution is -2.53. The van der Waals surface area contributed by atoms with Gasteiger partial charge in [0.15, 0.2) is 0 Å². The van der Waals surface area contributed by atoms with E-state index in [1.165, 1.54) is 0 Å². The molecular formula is C108H186N12O30. The van der Waals surface area contributed by atoms with E-state index in [-0.39, 0.29) is 211 Å². The van der Waals surface area contributed by atoms with Crippen LogP contribution in [0.2, 0.25) is 0 Å². The molecule has 9 atom stereocenters. The first-order valence-corrected chi connectivity index (χ1v) is 51.3. The summed E-state index contributed by atoms with van der Waals surface area (Å²) in [6, 6.07) is 17.5. The molecule has 9 amide bonds. The third kappa shape index (κ3) is 78.5. The van der Waals surface area contributed by atoms with Crippen molar-refractivity contribution in [2.45, 2.75) is 348 Å². The van der Waals surface area contributed by atoms with Crippen molar-refractivity contribution < 1.29 is 144 Å². The predicted molar refractivity (Wildman–Crippen MR) is 575 cm³/mol. The van der Waals surface area contributed by atoms with Crippen molar-refractivity contribution >= 4 is 101 Å². The zero-order chi connectivity index (χ0) is 115. The summed E-state index contributed by atoms with van der Waals surface area (Å²) in [7, 11) is 0. The Bertz CT molecular complexity index is 4370. The number of hydrogen-bond donors (Lipinski definition) is 14. The number of nitrogen functional groups attached to an aromatic ring is 2. The minimum atomic E-state index is -0.949. The number of esters is 4. The van der Waals surface area contributed by atoms with Crippen LogP contribution < -0.4 is 65.1 Å². The van der Waals surface area contributed by atoms with E-state index < -0.39 is 82.6 Å². The van der Waals surface area contributed by atoms with E-state index in [1.54, 1.807) is 159 Å². The number of anilines is 3. The van der Waals surface area contributed by atoms with Crippen molar-refractivity contribution in [2.75, 3.05) is 116 Å². The third-order valence-electron chi connectivity index (χ3n) is 20.2. The fraction of sp³-hybridized carbons (Fsp3) is 0.685. The number of fused-ring (bicyclic) bond motifs is 12. The van der Waals surface area contributed by atoms with Crippen LogP contribution in [0.5, 0.6) is 0 Å². The van der Waals surface area contributed by atoms with Crippen molar-refractivity contribution in [3.05, 3.63) is 102 Å². The molecule has 0 spiro atoms. The van der Waals surface area contributed by atoms with Gasteiger partial charge in [-0.3, -0.25) is 38.4 Å². The van der Waals surface area contributed by atoms with Gasteiger partial charge in [0.1, 0.15) is 46.1 Å². The molecule has 0 saturated heterocycles. The molecule has 0 fully saturated rings. The molecule has 858 valence electrons. The van der Waals surface area contributed by atoms with E-state index in [0.29, 0.717) is 75.6 Å². The van der Waals surface area contributed by atoms with Crippen LogP contribution in [0.4, 0.5) is 41.0 Å². The summed E-state index contributed by atoms with van der Waals surface area (Å²) < 4.78 is 72.4. The molecule has 3 aromatic rings. The molecule has 0 unspecified atom stereocenters. The van der Waals surface area contributed by atoms with Crippen molar-refractivity contribution in [3.63, 3.8) is 0 Å². The fourth-order valence-corrected chi connectivity index (χ4v) is 11.7. The summed E-state index contributed by atoms with van der Waals surface area (Å²) in [5.41, 5.74) is 18.5. The van der Waals surface area contributed by atoms with Gasteiger partial charge in [0, 0.05) is 48.4 Å². The van der Waals surface area contributed by atoms with Gasteiger partial charge < -0.3 is 142 Å². The van der Waals surface area contributed by atoms with Crippen molar-refractivity contribution in [2.24, 2.45) is 41.2 Å². The normalized spacial score (nSPS) is 14.6. The van der Waals surface area contributed by atoms with Gasteiger partial charge >= 0.3 is 60.3 Å². The zero-order valence-electron chi connectivity index (χ0n) is 95.2. The van der Waals surface area contributed by atoms with Crippen molar-refractivity contribution in [1.82, 2.24) is 42.5 Å². The summed E-state index contributed by atoms with van der Waals surface area (Å²) in [6.45, 7) is 64.6. The lowest BCUT2D eigenvalue weighted by molar-refractivity contribution is -0.145. The highest BCUT2D eigenvalue weighted by Crippen LogP contribution is 2.20. The fourth-order valence-electron chi connectivity index (χ4n) is 11.7. The number of aliphatic carboxylic acids is 1. The van der Waals surface area contributed by atoms with E-state index in [0.717, 1.165) is 22.8 Å². The maximum atomic E-state index is 13.1. The summed E-state index contributed by atoms with van der Waals surface area (Å²) in [4.78, 5) is 165. The second-order valence-corrected chi connectivity index (χ2v) is 42.0. The third-order valence-corrected chi connectivity index (χ3v) is 20.2. The number of carbonyl (C=O) groups excluding carboxylic acids is 13. The molecule has 2 heterocycles. The van der Waals surface area contributed by atoms with E-state index in [9.17, 15) is 67.1 Å². The number of alkyl carbamates (subject to hydrolysis) is 5. The number of ether oxygens (including phenoxy) is 14. The number of aliphatic hydroxyl groups excluding tert-OH is 1. The Labute approximate surface area is 890 Å². The molecule has 2 aliphatic rings. The van der Waals surface area contributed by atoms with Crippen LogP contribution in [-0.4, -0.2) is 276 Å². The first kappa shape index (κ1) is 142. The van der Waals surface area contributed by atoms with Gasteiger partial charge in [-0.2, -0.15) is 0 Å². The smallest absolute Gasteiger partial charge is 0.408 e. The standard InChI is InChI=1S/C24H39N3O6.C22H35N3O6.C22H33N3O5.C15H29NO5.2C10H21NO3.C5H8O2/c1-7-32-21(28)12-13-31-15-20(16(2)3)26-22(29)19(27-23(30)33-24(4,5)6)14-17-8-10-18(25)11-9-17;1-14(2)18(13-30-11-10-19(26)27)24-20(28)17(25-21(29)31-22(3,4)5)12-15-6-8-16(23)9-7-15;1-14(2)18-13-29-11-10-19(26)23-16-8-6-15(7-9-16)12-17(20(27)24-18)25-21(28)30-22(3,4)5;1-7-20-13(17)8-9-19-10-12(11(2)3)16-14(18)21-15(4,5)6;1-7(2)8(6-12)11-9(13)14-10(3,4)5;1-4-14-10(12)5-6-13-7-9(11)8(2)3;1-3-5(6)7-4-2/h8-11,16,19-20H,7,12-15,25H2,1-6H3,(H,26,29)(H,27,30);6-9,14,17-18H,10-13,23H2,1-5H3,(H,24,28)(H,25,29)(H,26,27);6-9,14,17-18H,10-13H2,1-5H3,(H,23,26)(H,24,27)(H,25,28);11-12H,7-10H2,1-6H3,(H,16,18);7-8,12H,6H2,1-5H3,(H,11,13);8-9H,4-7,11H2,1-3H3;3H,1,4H2,2H3/t19-,20-;2*17-,18-;12-;8-;9-;/m111111./s1. The number of benzene rings is 3. The molecule has 0 saturated carbocycles. The summed E-state index contributed by atoms with van der Waals surface area (Å²) in [6.07, 6.45) is -0.253. The molecule has 42 nitrogen and oxygen atoms in total. The Kier molecular flexibility index (Phi) is 72.9. The van der Waals surface area contributed by atoms with Crippen LogP contribution in [0.1, 0.15) is 263 Å². The summed E-state index contributed by atoms with van der Waals surface area (Å²) in [5, 5.41) is 42.7. The highest BCUT2D eigenvalue weighted by atomic mass is 16.6. The minimum Gasteiger partial charge on any atom is -0.481 e. The maximum Gasteiger partial charge on any atom is 0.408 e. The van der Waals surface area contributed by atoms with Crippen molar-refractivity contribution in [1.29, 1.82) is 0 Å². The van der Waals surface area contributed by atoms with Crippen molar-refractivity contribution in [3.8, 4) is 0 Å². The number of hydrogen-bond acceptors (Lipinski definition) is 32. The van der Waals surface area contributed by atoms with E-state index in [1.807, 2.05) is 128 Å². The SMILES string of the molecule is C=CC(=O)OCC.CC(C)[C@@H](CO)NC(=O)OC(C)(C)C.CC(C)[C@@H](COCCC(=O)O)NC(=O)[C@@H](Cc1ccc(N)cc1)NC(=O)OC(C)(C)C.CC(C)[C@H]1COCCC(=O)Nc2ccc(cc2)C[C@@H](NC(=O)OC(C)(C)C)C(=O)N1.CCOC(=O)CCOC[C@@H](N)C(C)C.CCOC(=O)CCOC[C@@H](NC(=O)OC(C)(C)C)C(C)C.CCOC(=O)CCOC[C@@H](NC(=O)[C@@H](Cc1ccc(N)cc1)NC(=O)OC(C)(C)C)C(C)C. The molecule has 150 heavy (non-hydrogen) atoms. The Morgan fingerprint density at radius 3 is 1.09 bits per heavy atom. The molecule has 0 aromatic heterocycles. The number of rotatable bonds is 45. The van der Waals surface area contributed by atoms with Gasteiger partial charge in [0.25, 0.3) is 0 Å². The average Bonchev–Trinajstić information content (AvgIpc) is 1.06. The quantitative estimate of drug-likeness (QED) is 0.00821. The topological polar surface area (TPSA) is 595 Å². The largest absolute Gasteiger partial charge is 0.481 e. The number of carboxylic acid groups (broad SMARTS) is 1. The monoisotopic (exact) mass is 2130 g/mol. The highest BCUT2D eigenvalue weighted by molar-refractivity contribution is 5.91. The molecular weight excluding hydrogens is 1950 g/mol. The lowest BCUT2D eigenvalue weighted by Gasteiger charge is -2.27. The second kappa shape index (κ2) is 76.8. The molecule has 0 aliphatic carbocycles. The van der Waals surface area contributed by atoms with Gasteiger partial charge in [0.05, 0.1) is 161 Å². The molecule has 5 rings (SSSR count). The highest BCUT2D eigenvalue weighted by Gasteiger charge is 2.34. The van der Waals surface area contributed by atoms with Gasteiger partial charge in [-0.05, 0) is 220 Å². The lowest BCUT2D eigenvalue weighted by atomic mass is 10.0. The minimum absolute atomic E-state index is 0.0347. The summed E-state index contributed by atoms with van der Waals surface area (Å²) >= 11 is 0. The van der Waals surface area contributed by atoms with Gasteiger partial charge in [-0.15, -0.1) is 0 Å². The van der Waals surface area contributed by atoms with Gasteiger partial charge in [-0.1, -0.05) is 126 Å². The molecule has 2 bridgehead atoms. The Balaban J connectivity index is -0.00000175. The van der Waals surface area contributed by atoms with Crippen LogP contribution in [0.3, 0.4) is 0 Å². The first-order valence-electron chi connectivity index (χ1n) is 51.3. The Hall–Kier alpha value is -11.7. The number of nitrogens with one attached hydrogen (secondary N) is 9. The summed E-state index contributed by atoms with van der Waals surface area (Å²) in [5.74, 6) is -2.32. The zero-order valence-corrected chi connectivity index (χ0v) is 95.2. The van der Waals surface area contributed by atoms with Gasteiger partial charge in [-0.25, -0.2) is 28.8 Å². The van der Waals surface area contributed by atoms with Crippen LogP contribution in [0.15, 0.2) is 85.5 Å². The van der Waals surface area contributed by atoms with E-state index in [2.05, 4.69) is 59.2 Å². The van der Waals surface area contributed by atoms with Crippen LogP contribution in [0.25, 0.3) is 0 Å². The van der Waals surface area contributed by atoms with Gasteiger partial charge in [0.2, 0.25) is 23.6 Å². The van der Waals surface area contributed by atoms with Crippen LogP contribution >= 0.6 is 0 Å². The van der Waals surface area contributed by atoms with E-state index >= 15 is 0 Å². The molecule has 2 aliphatic heterocycles. The molecule has 0 radical (unpaired) electrons. The molecule has 3 aromatic carbocycles. The second-order valence-electron chi connectivity index (χ2n) is 42.0. The Morgan fingerprint density at radius 1 is 0.447 bits per heavy atom. The number of amides is 9. The predicted octanol–water partition coefficient (Wildman–Crippen LogP) is 13.5. The van der Waals surface area contributed by atoms with Crippen LogP contribution in [-0.2, 0) is 129 Å². The first-order chi connectivity index (χ1) is 69.6. The Morgan fingerprint density at radius 2 is 0.780 bits per heavy atom. The number of carboxylic acids is 1. The maximum absolute atomic E-state index is 13.1. The number of nitrogens with two attached hydrogens (primary N) is 3. The van der Waals surface area contributed by atoms with E-state index in [4.69, 9.17) is 89.0 Å².